The molecule has 4 aromatic carbocycles. The van der Waals surface area contributed by atoms with Crippen LogP contribution in [0.2, 0.25) is 0 Å². The third kappa shape index (κ3) is 5.52. The maximum Gasteiger partial charge on any atom is 0.274 e. The van der Waals surface area contributed by atoms with Gasteiger partial charge in [0.25, 0.3) is 15.9 Å². The molecule has 9 nitrogen and oxygen atoms in total. The van der Waals surface area contributed by atoms with E-state index in [-0.39, 0.29) is 22.0 Å². The van der Waals surface area contributed by atoms with Crippen molar-refractivity contribution >= 4 is 27.3 Å². The molecule has 1 amide bonds. The van der Waals surface area contributed by atoms with Gasteiger partial charge in [-0.25, -0.2) is 13.1 Å². The van der Waals surface area contributed by atoms with Gasteiger partial charge in [0.1, 0.15) is 17.2 Å². The lowest BCUT2D eigenvalue weighted by atomic mass is 10.1. The second kappa shape index (κ2) is 11.3. The van der Waals surface area contributed by atoms with E-state index < -0.39 is 15.9 Å². The summed E-state index contributed by atoms with van der Waals surface area (Å²) >= 11 is 0. The molecule has 0 atom stereocenters. The molecule has 0 fully saturated rings. The van der Waals surface area contributed by atoms with E-state index in [1.54, 1.807) is 35.0 Å². The first kappa shape index (κ1) is 26.5. The van der Waals surface area contributed by atoms with Gasteiger partial charge in [-0.1, -0.05) is 60.7 Å². The fourth-order valence-corrected chi connectivity index (χ4v) is 5.23. The number of nitrogens with zero attached hydrogens (tertiary/aromatic N) is 2. The summed E-state index contributed by atoms with van der Waals surface area (Å²) in [7, 11) is -1.14. The topological polar surface area (TPSA) is 112 Å². The van der Waals surface area contributed by atoms with Crippen LogP contribution in [0.5, 0.6) is 11.5 Å². The number of amides is 1. The number of sulfonamides is 1. The molecule has 0 radical (unpaired) electrons. The highest BCUT2D eigenvalue weighted by molar-refractivity contribution is 7.92. The minimum Gasteiger partial charge on any atom is -0.495 e. The van der Waals surface area contributed by atoms with E-state index in [2.05, 4.69) is 15.1 Å². The highest BCUT2D eigenvalue weighted by atomic mass is 32.2. The second-order valence-electron chi connectivity index (χ2n) is 8.65. The highest BCUT2D eigenvalue weighted by Gasteiger charge is 2.22. The summed E-state index contributed by atoms with van der Waals surface area (Å²) in [6, 6.07) is 31.4. The number of hydrogen-bond acceptors (Lipinski definition) is 6. The third-order valence-electron chi connectivity index (χ3n) is 6.09. The Morgan fingerprint density at radius 3 is 2.08 bits per heavy atom. The van der Waals surface area contributed by atoms with Gasteiger partial charge in [0.2, 0.25) is 0 Å². The number of carbonyl (C=O) groups excluding carboxylic acids is 1. The summed E-state index contributed by atoms with van der Waals surface area (Å²) in [5.74, 6) is 0.166. The maximum absolute atomic E-state index is 13.6. The fraction of sp³-hybridized carbons (Fsp3) is 0.0667. The van der Waals surface area contributed by atoms with Crippen molar-refractivity contribution in [2.45, 2.75) is 4.90 Å². The van der Waals surface area contributed by atoms with E-state index in [0.717, 1.165) is 5.56 Å². The molecule has 5 aromatic rings. The molecule has 0 aliphatic heterocycles. The Morgan fingerprint density at radius 2 is 1.38 bits per heavy atom. The number of carbonyl (C=O) groups is 1. The van der Waals surface area contributed by atoms with Gasteiger partial charge in [-0.15, -0.1) is 0 Å². The van der Waals surface area contributed by atoms with Crippen molar-refractivity contribution in [3.05, 3.63) is 115 Å². The molecule has 0 saturated carbocycles. The van der Waals surface area contributed by atoms with Crippen LogP contribution in [-0.2, 0) is 10.0 Å². The van der Waals surface area contributed by atoms with E-state index >= 15 is 0 Å². The first-order valence-corrected chi connectivity index (χ1v) is 13.7. The number of aromatic nitrogens is 2. The van der Waals surface area contributed by atoms with E-state index in [1.807, 2.05) is 60.7 Å². The Balaban J connectivity index is 1.50. The van der Waals surface area contributed by atoms with Crippen molar-refractivity contribution in [1.82, 2.24) is 9.78 Å². The van der Waals surface area contributed by atoms with E-state index in [4.69, 9.17) is 9.47 Å². The molecule has 0 bridgehead atoms. The number of nitrogens with one attached hydrogen (secondary N) is 2. The molecule has 0 saturated heterocycles. The average Bonchev–Trinajstić information content (AvgIpc) is 3.44. The Morgan fingerprint density at radius 1 is 0.750 bits per heavy atom. The minimum absolute atomic E-state index is 0.0731. The molecule has 0 aliphatic carbocycles. The summed E-state index contributed by atoms with van der Waals surface area (Å²) in [5.41, 5.74) is 2.87. The molecule has 40 heavy (non-hydrogen) atoms. The van der Waals surface area contributed by atoms with Gasteiger partial charge in [0, 0.05) is 5.56 Å². The van der Waals surface area contributed by atoms with E-state index in [1.165, 1.54) is 32.4 Å². The van der Waals surface area contributed by atoms with Gasteiger partial charge in [-0.2, -0.15) is 5.10 Å². The molecule has 5 rings (SSSR count). The predicted octanol–water partition coefficient (Wildman–Crippen LogP) is 5.61. The van der Waals surface area contributed by atoms with E-state index in [0.29, 0.717) is 22.9 Å². The molecule has 0 unspecified atom stereocenters. The van der Waals surface area contributed by atoms with Crippen molar-refractivity contribution in [2.24, 2.45) is 0 Å². The highest BCUT2D eigenvalue weighted by Crippen LogP contribution is 2.31. The van der Waals surface area contributed by atoms with Crippen LogP contribution in [0.15, 0.2) is 114 Å². The second-order valence-corrected chi connectivity index (χ2v) is 10.3. The molecule has 202 valence electrons. The quantitative estimate of drug-likeness (QED) is 0.245. The first-order valence-electron chi connectivity index (χ1n) is 12.3. The van der Waals surface area contributed by atoms with E-state index in [9.17, 15) is 13.2 Å². The lowest BCUT2D eigenvalue weighted by Gasteiger charge is -2.15. The minimum atomic E-state index is -4.03. The Labute approximate surface area is 232 Å². The lowest BCUT2D eigenvalue weighted by Crippen LogP contribution is -2.18. The number of anilines is 2. The molecular formula is C30H26N4O5S. The molecule has 1 aromatic heterocycles. The number of para-hydroxylation sites is 3. The van der Waals surface area contributed by atoms with Crippen LogP contribution in [0.25, 0.3) is 16.9 Å². The standard InChI is InChI=1S/C30H26N4O5S/c1-38-28-16-10-9-15-24(28)33-40(36,37)23-17-18-29(39-2)26(19-23)31-30(35)27-20-25(21-11-5-3-6-12-21)32-34(27)22-13-7-4-8-14-22/h3-20,33H,1-2H3,(H,31,35). The number of hydrogen-bond donors (Lipinski definition) is 2. The maximum atomic E-state index is 13.6. The summed E-state index contributed by atoms with van der Waals surface area (Å²) in [5, 5.41) is 7.49. The summed E-state index contributed by atoms with van der Waals surface area (Å²) in [6.45, 7) is 0. The van der Waals surface area contributed by atoms with Crippen molar-refractivity contribution in [1.29, 1.82) is 0 Å². The van der Waals surface area contributed by atoms with Crippen LogP contribution in [0.3, 0.4) is 0 Å². The fourth-order valence-electron chi connectivity index (χ4n) is 4.13. The van der Waals surface area contributed by atoms with Crippen molar-refractivity contribution in [3.63, 3.8) is 0 Å². The Bertz CT molecular complexity index is 1750. The van der Waals surface area contributed by atoms with Gasteiger partial charge < -0.3 is 14.8 Å². The number of benzene rings is 4. The Kier molecular flexibility index (Phi) is 7.52. The monoisotopic (exact) mass is 554 g/mol. The summed E-state index contributed by atoms with van der Waals surface area (Å²) < 4.78 is 41.2. The van der Waals surface area contributed by atoms with Gasteiger partial charge in [0.05, 0.1) is 41.9 Å². The van der Waals surface area contributed by atoms with Crippen LogP contribution in [0.4, 0.5) is 11.4 Å². The van der Waals surface area contributed by atoms with Crippen LogP contribution >= 0.6 is 0 Å². The van der Waals surface area contributed by atoms with Crippen LogP contribution in [0.1, 0.15) is 10.5 Å². The molecule has 10 heteroatoms. The summed E-state index contributed by atoms with van der Waals surface area (Å²) in [6.07, 6.45) is 0. The van der Waals surface area contributed by atoms with Crippen LogP contribution in [0, 0.1) is 0 Å². The summed E-state index contributed by atoms with van der Waals surface area (Å²) in [4.78, 5) is 13.6. The molecule has 0 aliphatic rings. The third-order valence-corrected chi connectivity index (χ3v) is 7.46. The smallest absolute Gasteiger partial charge is 0.274 e. The molecule has 2 N–H and O–H groups in total. The van der Waals surface area contributed by atoms with Crippen LogP contribution < -0.4 is 19.5 Å². The van der Waals surface area contributed by atoms with Crippen molar-refractivity contribution < 1.29 is 22.7 Å². The molecular weight excluding hydrogens is 528 g/mol. The molecule has 0 spiro atoms. The largest absolute Gasteiger partial charge is 0.495 e. The van der Waals surface area contributed by atoms with Gasteiger partial charge in [-0.3, -0.25) is 9.52 Å². The van der Waals surface area contributed by atoms with Gasteiger partial charge in [0.15, 0.2) is 0 Å². The number of ether oxygens (including phenoxy) is 2. The van der Waals surface area contributed by atoms with Crippen LogP contribution in [-0.4, -0.2) is 38.3 Å². The zero-order valence-electron chi connectivity index (χ0n) is 21.7. The SMILES string of the molecule is COc1ccc(S(=O)(=O)Nc2ccccc2OC)cc1NC(=O)c1cc(-c2ccccc2)nn1-c1ccccc1. The number of rotatable bonds is 9. The zero-order valence-corrected chi connectivity index (χ0v) is 22.6. The predicted molar refractivity (Wildman–Crippen MR) is 154 cm³/mol. The molecule has 1 heterocycles. The Hall–Kier alpha value is -5.09. The lowest BCUT2D eigenvalue weighted by molar-refractivity contribution is 0.101. The first-order chi connectivity index (χ1) is 19.4. The number of methoxy groups -OCH3 is 2. The zero-order chi connectivity index (χ0) is 28.1. The van der Waals surface area contributed by atoms with Gasteiger partial charge in [-0.05, 0) is 48.5 Å². The van der Waals surface area contributed by atoms with Crippen molar-refractivity contribution in [3.8, 4) is 28.4 Å². The van der Waals surface area contributed by atoms with Gasteiger partial charge >= 0.3 is 0 Å². The normalized spacial score (nSPS) is 11.1. The van der Waals surface area contributed by atoms with Crippen molar-refractivity contribution in [2.75, 3.05) is 24.3 Å². The average molecular weight is 555 g/mol.